The summed E-state index contributed by atoms with van der Waals surface area (Å²) < 4.78 is 14.0. The highest BCUT2D eigenvalue weighted by Crippen LogP contribution is 2.31. The molecule has 1 fully saturated rings. The summed E-state index contributed by atoms with van der Waals surface area (Å²) in [5, 5.41) is 3.27. The summed E-state index contributed by atoms with van der Waals surface area (Å²) in [7, 11) is 2.01. The fourth-order valence-corrected chi connectivity index (χ4v) is 3.62. The van der Waals surface area contributed by atoms with Crippen molar-refractivity contribution in [3.05, 3.63) is 34.1 Å². The van der Waals surface area contributed by atoms with Gasteiger partial charge in [-0.1, -0.05) is 22.0 Å². The van der Waals surface area contributed by atoms with Crippen LogP contribution in [-0.4, -0.2) is 31.6 Å². The third kappa shape index (κ3) is 3.77. The molecule has 0 spiro atoms. The molecule has 0 saturated carbocycles. The van der Waals surface area contributed by atoms with Gasteiger partial charge in [-0.2, -0.15) is 0 Å². The lowest BCUT2D eigenvalue weighted by atomic mass is 9.95. The summed E-state index contributed by atoms with van der Waals surface area (Å²) in [5.41, 5.74) is 1.17. The van der Waals surface area contributed by atoms with Gasteiger partial charge in [-0.25, -0.2) is 4.39 Å². The molecule has 1 aromatic rings. The predicted molar refractivity (Wildman–Crippen MR) is 80.7 cm³/mol. The van der Waals surface area contributed by atoms with E-state index in [1.54, 1.807) is 12.1 Å². The Labute approximate surface area is 123 Å². The Kier molecular flexibility index (Phi) is 5.37. The molecule has 1 aliphatic heterocycles. The number of nitrogens with one attached hydrogen (secondary N) is 1. The number of hydrogen-bond acceptors (Lipinski definition) is 2. The molecule has 0 bridgehead atoms. The molecular weight excluding hydrogens is 307 g/mol. The van der Waals surface area contributed by atoms with Gasteiger partial charge in [-0.05, 0) is 63.5 Å². The largest absolute Gasteiger partial charge is 0.319 e. The summed E-state index contributed by atoms with van der Waals surface area (Å²) in [6.07, 6.45) is 2.55. The van der Waals surface area contributed by atoms with Crippen LogP contribution in [0.4, 0.5) is 4.39 Å². The number of hydrogen-bond donors (Lipinski definition) is 1. The molecule has 0 aromatic heterocycles. The van der Waals surface area contributed by atoms with Crippen LogP contribution in [0.2, 0.25) is 0 Å². The number of benzene rings is 1. The normalized spacial score (nSPS) is 22.4. The molecule has 0 radical (unpaired) electrons. The second-order valence-corrected chi connectivity index (χ2v) is 6.26. The van der Waals surface area contributed by atoms with Gasteiger partial charge in [0.15, 0.2) is 0 Å². The molecule has 1 aromatic carbocycles. The van der Waals surface area contributed by atoms with Crippen molar-refractivity contribution in [2.45, 2.75) is 25.8 Å². The Bertz CT molecular complexity index is 423. The SMILES string of the molecule is CNCC1CCCN(C(C)c2ccc(F)cc2Br)C1. The minimum Gasteiger partial charge on any atom is -0.319 e. The van der Waals surface area contributed by atoms with Crippen LogP contribution in [0.1, 0.15) is 31.4 Å². The van der Waals surface area contributed by atoms with E-state index in [9.17, 15) is 4.39 Å². The van der Waals surface area contributed by atoms with Gasteiger partial charge in [0.1, 0.15) is 5.82 Å². The molecule has 1 aliphatic rings. The van der Waals surface area contributed by atoms with Gasteiger partial charge in [0.05, 0.1) is 0 Å². The minimum absolute atomic E-state index is 0.186. The van der Waals surface area contributed by atoms with Gasteiger partial charge < -0.3 is 5.32 Å². The molecular formula is C15H22BrFN2. The number of halogens is 2. The zero-order valence-corrected chi connectivity index (χ0v) is 13.2. The number of likely N-dealkylation sites (tertiary alicyclic amines) is 1. The maximum Gasteiger partial charge on any atom is 0.124 e. The van der Waals surface area contributed by atoms with E-state index in [1.165, 1.54) is 18.4 Å². The highest BCUT2D eigenvalue weighted by molar-refractivity contribution is 9.10. The minimum atomic E-state index is -0.186. The first-order valence-electron chi connectivity index (χ1n) is 6.95. The lowest BCUT2D eigenvalue weighted by Crippen LogP contribution is -2.40. The van der Waals surface area contributed by atoms with Crippen molar-refractivity contribution in [2.24, 2.45) is 5.92 Å². The second-order valence-electron chi connectivity index (χ2n) is 5.40. The quantitative estimate of drug-likeness (QED) is 0.908. The second kappa shape index (κ2) is 6.82. The van der Waals surface area contributed by atoms with Crippen LogP contribution in [0.25, 0.3) is 0 Å². The van der Waals surface area contributed by atoms with Crippen molar-refractivity contribution in [1.82, 2.24) is 10.2 Å². The highest BCUT2D eigenvalue weighted by Gasteiger charge is 2.24. The third-order valence-corrected chi connectivity index (χ3v) is 4.69. The number of nitrogens with zero attached hydrogens (tertiary/aromatic N) is 1. The lowest BCUT2D eigenvalue weighted by Gasteiger charge is -2.37. The molecule has 106 valence electrons. The summed E-state index contributed by atoms with van der Waals surface area (Å²) in [6, 6.07) is 5.33. The fraction of sp³-hybridized carbons (Fsp3) is 0.600. The molecule has 2 unspecified atom stereocenters. The molecule has 2 rings (SSSR count). The van der Waals surface area contributed by atoms with E-state index in [1.807, 2.05) is 13.1 Å². The van der Waals surface area contributed by atoms with Crippen LogP contribution >= 0.6 is 15.9 Å². The average molecular weight is 329 g/mol. The van der Waals surface area contributed by atoms with Crippen LogP contribution in [0.15, 0.2) is 22.7 Å². The van der Waals surface area contributed by atoms with Crippen molar-refractivity contribution in [1.29, 1.82) is 0 Å². The first-order chi connectivity index (χ1) is 9.11. The Morgan fingerprint density at radius 1 is 1.53 bits per heavy atom. The van der Waals surface area contributed by atoms with Crippen molar-refractivity contribution >= 4 is 15.9 Å². The average Bonchev–Trinajstić information content (AvgIpc) is 2.39. The molecule has 1 N–H and O–H groups in total. The number of rotatable bonds is 4. The summed E-state index contributed by atoms with van der Waals surface area (Å²) in [5.74, 6) is 0.537. The van der Waals surface area contributed by atoms with Gasteiger partial charge in [-0.15, -0.1) is 0 Å². The smallest absolute Gasteiger partial charge is 0.124 e. The van der Waals surface area contributed by atoms with Gasteiger partial charge in [0.2, 0.25) is 0 Å². The predicted octanol–water partition coefficient (Wildman–Crippen LogP) is 3.58. The molecule has 0 amide bonds. The van der Waals surface area contributed by atoms with Crippen molar-refractivity contribution in [3.63, 3.8) is 0 Å². The number of piperidine rings is 1. The molecule has 4 heteroatoms. The fourth-order valence-electron chi connectivity index (χ4n) is 2.94. The zero-order valence-electron chi connectivity index (χ0n) is 11.6. The molecule has 0 aliphatic carbocycles. The molecule has 19 heavy (non-hydrogen) atoms. The van der Waals surface area contributed by atoms with Crippen molar-refractivity contribution in [3.8, 4) is 0 Å². The van der Waals surface area contributed by atoms with Crippen LogP contribution < -0.4 is 5.32 Å². The Balaban J connectivity index is 2.07. The van der Waals surface area contributed by atoms with Crippen LogP contribution in [-0.2, 0) is 0 Å². The third-order valence-electron chi connectivity index (χ3n) is 4.00. The van der Waals surface area contributed by atoms with E-state index in [-0.39, 0.29) is 5.82 Å². The van der Waals surface area contributed by atoms with Gasteiger partial charge in [0.25, 0.3) is 0 Å². The topological polar surface area (TPSA) is 15.3 Å². The van der Waals surface area contributed by atoms with E-state index >= 15 is 0 Å². The van der Waals surface area contributed by atoms with E-state index < -0.39 is 0 Å². The molecule has 2 atom stereocenters. The standard InChI is InChI=1S/C15H22BrFN2/c1-11(14-6-5-13(17)8-15(14)16)19-7-3-4-12(10-19)9-18-2/h5-6,8,11-12,18H,3-4,7,9-10H2,1-2H3. The lowest BCUT2D eigenvalue weighted by molar-refractivity contribution is 0.131. The van der Waals surface area contributed by atoms with E-state index in [2.05, 4.69) is 33.1 Å². The first-order valence-corrected chi connectivity index (χ1v) is 7.74. The highest BCUT2D eigenvalue weighted by atomic mass is 79.9. The van der Waals surface area contributed by atoms with Gasteiger partial charge in [-0.3, -0.25) is 4.90 Å². The van der Waals surface area contributed by atoms with Gasteiger partial charge in [0, 0.05) is 17.1 Å². The summed E-state index contributed by atoms with van der Waals surface area (Å²) >= 11 is 3.48. The van der Waals surface area contributed by atoms with Crippen molar-refractivity contribution < 1.29 is 4.39 Å². The maximum absolute atomic E-state index is 13.2. The molecule has 1 heterocycles. The van der Waals surface area contributed by atoms with E-state index in [0.717, 1.165) is 30.0 Å². The first kappa shape index (κ1) is 14.9. The van der Waals surface area contributed by atoms with Crippen LogP contribution in [0.5, 0.6) is 0 Å². The molecule has 2 nitrogen and oxygen atoms in total. The Morgan fingerprint density at radius 2 is 2.32 bits per heavy atom. The monoisotopic (exact) mass is 328 g/mol. The zero-order chi connectivity index (χ0) is 13.8. The summed E-state index contributed by atoms with van der Waals surface area (Å²) in [6.45, 7) is 5.53. The van der Waals surface area contributed by atoms with E-state index in [0.29, 0.717) is 6.04 Å². The maximum atomic E-state index is 13.2. The Hall–Kier alpha value is -0.450. The van der Waals surface area contributed by atoms with E-state index in [4.69, 9.17) is 0 Å². The summed E-state index contributed by atoms with van der Waals surface area (Å²) in [4.78, 5) is 2.50. The van der Waals surface area contributed by atoms with Crippen molar-refractivity contribution in [2.75, 3.05) is 26.7 Å². The van der Waals surface area contributed by atoms with Gasteiger partial charge >= 0.3 is 0 Å². The van der Waals surface area contributed by atoms with Crippen LogP contribution in [0.3, 0.4) is 0 Å². The van der Waals surface area contributed by atoms with Crippen LogP contribution in [0, 0.1) is 11.7 Å². The molecule has 1 saturated heterocycles. The Morgan fingerprint density at radius 3 is 3.00 bits per heavy atom.